The molecule has 1 aliphatic rings. The molecule has 1 aromatic carbocycles. The summed E-state index contributed by atoms with van der Waals surface area (Å²) in [5.41, 5.74) is 7.56. The average molecular weight is 642 g/mol. The maximum absolute atomic E-state index is 12.5. The van der Waals surface area contributed by atoms with Crippen LogP contribution in [0.1, 0.15) is 13.8 Å². The molecular weight excluding hydrogens is 607 g/mol. The molecule has 46 heavy (non-hydrogen) atoms. The van der Waals surface area contributed by atoms with Crippen molar-refractivity contribution in [2.24, 2.45) is 10.7 Å². The standard InChI is InChI=1S/C27H28F3N11O3.C2H6/c1-32-22-9-19(39(2)24-7-8-33-26(38-24)37-18-10-36-40(12-18)13-23(31)42)11-34-25(22)41(20-14-43-15-20)16-35-17-3-5-21(6-4-17)44-27(28,29)30;1-2/h3-12,20,35H,1,13-16H2,2H3,(H2,31,42)(H,33,37,38);1-2H3. The number of aromatic nitrogens is 5. The van der Waals surface area contributed by atoms with Gasteiger partial charge >= 0.3 is 6.36 Å². The van der Waals surface area contributed by atoms with E-state index in [9.17, 15) is 18.0 Å². The zero-order valence-electron chi connectivity index (χ0n) is 25.4. The van der Waals surface area contributed by atoms with Crippen LogP contribution >= 0.6 is 0 Å². The molecule has 0 radical (unpaired) electrons. The zero-order chi connectivity index (χ0) is 33.3. The summed E-state index contributed by atoms with van der Waals surface area (Å²) in [6.07, 6.45) is 1.64. The molecule has 4 aromatic rings. The van der Waals surface area contributed by atoms with Crippen molar-refractivity contribution < 1.29 is 27.4 Å². The van der Waals surface area contributed by atoms with Crippen molar-refractivity contribution >= 4 is 53.0 Å². The number of carbonyl (C=O) groups is 1. The number of hydrogen-bond donors (Lipinski definition) is 3. The third-order valence-electron chi connectivity index (χ3n) is 6.46. The second-order valence-corrected chi connectivity index (χ2v) is 9.58. The van der Waals surface area contributed by atoms with Crippen LogP contribution in [0.15, 0.2) is 66.2 Å². The molecule has 244 valence electrons. The fourth-order valence-corrected chi connectivity index (χ4v) is 4.22. The fourth-order valence-electron chi connectivity index (χ4n) is 4.22. The van der Waals surface area contributed by atoms with E-state index in [4.69, 9.17) is 10.5 Å². The van der Waals surface area contributed by atoms with Crippen LogP contribution in [-0.2, 0) is 16.1 Å². The maximum atomic E-state index is 12.5. The number of nitrogens with zero attached hydrogens (tertiary/aromatic N) is 8. The number of nitrogens with two attached hydrogens (primary N) is 1. The van der Waals surface area contributed by atoms with Gasteiger partial charge in [-0.3, -0.25) is 14.5 Å². The predicted molar refractivity (Wildman–Crippen MR) is 168 cm³/mol. The Morgan fingerprint density at radius 1 is 1.17 bits per heavy atom. The highest BCUT2D eigenvalue weighted by Gasteiger charge is 2.31. The fraction of sp³-hybridized carbons (Fsp3) is 0.310. The van der Waals surface area contributed by atoms with Gasteiger partial charge in [0, 0.05) is 25.1 Å². The topological polar surface area (TPSA) is 161 Å². The van der Waals surface area contributed by atoms with E-state index in [0.717, 1.165) is 0 Å². The zero-order valence-corrected chi connectivity index (χ0v) is 25.4. The number of carbonyl (C=O) groups excluding carboxylic acids is 1. The maximum Gasteiger partial charge on any atom is 0.573 e. The van der Waals surface area contributed by atoms with E-state index in [0.29, 0.717) is 53.5 Å². The molecule has 17 heteroatoms. The van der Waals surface area contributed by atoms with Gasteiger partial charge in [-0.1, -0.05) is 13.8 Å². The molecule has 14 nitrogen and oxygen atoms in total. The molecule has 0 spiro atoms. The molecule has 1 amide bonds. The van der Waals surface area contributed by atoms with Gasteiger partial charge < -0.3 is 35.6 Å². The van der Waals surface area contributed by atoms with Gasteiger partial charge in [0.1, 0.15) is 23.8 Å². The van der Waals surface area contributed by atoms with E-state index in [-0.39, 0.29) is 25.0 Å². The van der Waals surface area contributed by atoms with E-state index >= 15 is 0 Å². The van der Waals surface area contributed by atoms with Crippen LogP contribution in [0.3, 0.4) is 0 Å². The second kappa shape index (κ2) is 15.0. The van der Waals surface area contributed by atoms with Gasteiger partial charge in [-0.05, 0) is 43.1 Å². The number of anilines is 6. The number of benzene rings is 1. The highest BCUT2D eigenvalue weighted by atomic mass is 19.4. The Bertz CT molecular complexity index is 1610. The molecule has 0 unspecified atom stereocenters. The van der Waals surface area contributed by atoms with Crippen LogP contribution in [-0.4, -0.2) is 76.7 Å². The third kappa shape index (κ3) is 8.81. The molecule has 0 atom stereocenters. The molecule has 1 fully saturated rings. The van der Waals surface area contributed by atoms with Crippen molar-refractivity contribution in [2.75, 3.05) is 47.4 Å². The van der Waals surface area contributed by atoms with E-state index < -0.39 is 12.3 Å². The summed E-state index contributed by atoms with van der Waals surface area (Å²) in [5, 5.41) is 10.3. The van der Waals surface area contributed by atoms with Crippen molar-refractivity contribution in [3.05, 3.63) is 61.2 Å². The van der Waals surface area contributed by atoms with Crippen LogP contribution in [0, 0.1) is 0 Å². The third-order valence-corrected chi connectivity index (χ3v) is 6.46. The molecule has 0 aliphatic carbocycles. The van der Waals surface area contributed by atoms with Gasteiger partial charge in [0.15, 0.2) is 5.82 Å². The first-order valence-corrected chi connectivity index (χ1v) is 14.1. The lowest BCUT2D eigenvalue weighted by atomic mass is 10.2. The average Bonchev–Trinajstić information content (AvgIpc) is 3.44. The SMILES string of the molecule is C=Nc1cc(N(C)c2ccnc(Nc3cnn(CC(N)=O)c3)n2)cnc1N(CNc1ccc(OC(F)(F)F)cc1)C1COC1.CC. The molecule has 1 saturated heterocycles. The first-order valence-electron chi connectivity index (χ1n) is 14.1. The Hall–Kier alpha value is -5.45. The lowest BCUT2D eigenvalue weighted by molar-refractivity contribution is -0.274. The van der Waals surface area contributed by atoms with E-state index in [1.807, 2.05) is 31.9 Å². The highest BCUT2D eigenvalue weighted by Crippen LogP contribution is 2.34. The Balaban J connectivity index is 0.00000235. The van der Waals surface area contributed by atoms with E-state index in [2.05, 4.69) is 47.1 Å². The minimum absolute atomic E-state index is 0.00487. The molecule has 5 rings (SSSR count). The predicted octanol–water partition coefficient (Wildman–Crippen LogP) is 4.60. The minimum atomic E-state index is -4.76. The first kappa shape index (κ1) is 33.4. The molecule has 3 aromatic heterocycles. The van der Waals surface area contributed by atoms with Crippen molar-refractivity contribution in [3.8, 4) is 5.75 Å². The Labute approximate surface area is 263 Å². The number of ether oxygens (including phenoxy) is 2. The monoisotopic (exact) mass is 641 g/mol. The molecule has 4 heterocycles. The van der Waals surface area contributed by atoms with Crippen LogP contribution in [0.4, 0.5) is 53.5 Å². The van der Waals surface area contributed by atoms with E-state index in [1.54, 1.807) is 29.6 Å². The Morgan fingerprint density at radius 2 is 1.91 bits per heavy atom. The number of halogens is 3. The second-order valence-electron chi connectivity index (χ2n) is 9.58. The lowest BCUT2D eigenvalue weighted by Gasteiger charge is -2.38. The summed E-state index contributed by atoms with van der Waals surface area (Å²) in [7, 11) is 1.81. The van der Waals surface area contributed by atoms with Crippen molar-refractivity contribution in [2.45, 2.75) is 32.8 Å². The number of nitrogens with one attached hydrogen (secondary N) is 2. The Morgan fingerprint density at radius 3 is 2.54 bits per heavy atom. The highest BCUT2D eigenvalue weighted by molar-refractivity contribution is 5.74. The normalized spacial score (nSPS) is 12.7. The van der Waals surface area contributed by atoms with Gasteiger partial charge in [0.2, 0.25) is 11.9 Å². The minimum Gasteiger partial charge on any atom is -0.406 e. The summed E-state index contributed by atoms with van der Waals surface area (Å²) in [5.74, 6) is 0.587. The molecule has 1 aliphatic heterocycles. The van der Waals surface area contributed by atoms with Crippen molar-refractivity contribution in [1.82, 2.24) is 24.7 Å². The van der Waals surface area contributed by atoms with Gasteiger partial charge in [0.25, 0.3) is 0 Å². The number of rotatable bonds is 13. The summed E-state index contributed by atoms with van der Waals surface area (Å²) >= 11 is 0. The van der Waals surface area contributed by atoms with Crippen molar-refractivity contribution in [1.29, 1.82) is 0 Å². The first-order chi connectivity index (χ1) is 22.1. The lowest BCUT2D eigenvalue weighted by Crippen LogP contribution is -2.51. The number of aliphatic imine (C=N–C) groups is 1. The van der Waals surface area contributed by atoms with Crippen LogP contribution in [0.5, 0.6) is 5.75 Å². The smallest absolute Gasteiger partial charge is 0.406 e. The molecule has 0 saturated carbocycles. The summed E-state index contributed by atoms with van der Waals surface area (Å²) in [4.78, 5) is 32.6. The number of alkyl halides is 3. The van der Waals surface area contributed by atoms with Gasteiger partial charge in [-0.2, -0.15) is 10.1 Å². The van der Waals surface area contributed by atoms with Gasteiger partial charge in [-0.25, -0.2) is 9.97 Å². The van der Waals surface area contributed by atoms with Crippen LogP contribution in [0.2, 0.25) is 0 Å². The molecule has 0 bridgehead atoms. The summed E-state index contributed by atoms with van der Waals surface area (Å²) in [6, 6.07) is 8.99. The number of hydrogen-bond acceptors (Lipinski definition) is 12. The quantitative estimate of drug-likeness (QED) is 0.138. The van der Waals surface area contributed by atoms with Gasteiger partial charge in [-0.15, -0.1) is 13.2 Å². The Kier molecular flexibility index (Phi) is 10.9. The summed E-state index contributed by atoms with van der Waals surface area (Å²) < 4.78 is 48.2. The molecule has 4 N–H and O–H groups in total. The van der Waals surface area contributed by atoms with Crippen molar-refractivity contribution in [3.63, 3.8) is 0 Å². The van der Waals surface area contributed by atoms with Gasteiger partial charge in [0.05, 0.1) is 49.7 Å². The van der Waals surface area contributed by atoms with Crippen LogP contribution < -0.4 is 30.9 Å². The largest absolute Gasteiger partial charge is 0.573 e. The molecular formula is C29H34F3N11O3. The van der Waals surface area contributed by atoms with Crippen LogP contribution in [0.25, 0.3) is 0 Å². The summed E-state index contributed by atoms with van der Waals surface area (Å²) in [6.45, 7) is 8.88. The number of pyridine rings is 1. The van der Waals surface area contributed by atoms with E-state index in [1.165, 1.54) is 35.1 Å². The number of amides is 1. The number of primary amides is 1.